The molecule has 3 rings (SSSR count). The van der Waals surface area contributed by atoms with E-state index in [-0.39, 0.29) is 0 Å². The van der Waals surface area contributed by atoms with Crippen LogP contribution in [0.4, 0.5) is 0 Å². The molecule has 0 saturated heterocycles. The van der Waals surface area contributed by atoms with Gasteiger partial charge in [-0.3, -0.25) is 0 Å². The molecule has 0 amide bonds. The van der Waals surface area contributed by atoms with Gasteiger partial charge in [-0.15, -0.1) is 0 Å². The number of methoxy groups -OCH3 is 1. The monoisotopic (exact) mass is 228 g/mol. The molecule has 0 spiro atoms. The lowest BCUT2D eigenvalue weighted by molar-refractivity contribution is -0.617. The zero-order valence-electron chi connectivity index (χ0n) is 9.84. The SMILES string of the molecule is COc1ccc2c(c1)[n+](N)c(C)c1cccn12. The average Bonchev–Trinajstić information content (AvgIpc) is 2.84. The van der Waals surface area contributed by atoms with Gasteiger partial charge < -0.3 is 9.14 Å². The second-order valence-corrected chi connectivity index (χ2v) is 4.07. The highest BCUT2D eigenvalue weighted by Gasteiger charge is 2.17. The number of rotatable bonds is 1. The summed E-state index contributed by atoms with van der Waals surface area (Å²) < 4.78 is 9.07. The third-order valence-corrected chi connectivity index (χ3v) is 3.18. The van der Waals surface area contributed by atoms with E-state index >= 15 is 0 Å². The van der Waals surface area contributed by atoms with Crippen LogP contribution in [0.3, 0.4) is 0 Å². The van der Waals surface area contributed by atoms with Crippen molar-refractivity contribution in [3.8, 4) is 5.75 Å². The largest absolute Gasteiger partial charge is 0.497 e. The molecule has 0 unspecified atom stereocenters. The summed E-state index contributed by atoms with van der Waals surface area (Å²) in [5, 5.41) is 0. The maximum atomic E-state index is 6.11. The van der Waals surface area contributed by atoms with Crippen LogP contribution >= 0.6 is 0 Å². The summed E-state index contributed by atoms with van der Waals surface area (Å²) in [4.78, 5) is 0. The second-order valence-electron chi connectivity index (χ2n) is 4.07. The summed E-state index contributed by atoms with van der Waals surface area (Å²) in [5.41, 5.74) is 4.16. The van der Waals surface area contributed by atoms with E-state index in [1.165, 1.54) is 0 Å². The van der Waals surface area contributed by atoms with Crippen LogP contribution in [0.2, 0.25) is 0 Å². The molecule has 0 bridgehead atoms. The first kappa shape index (κ1) is 9.96. The summed E-state index contributed by atoms with van der Waals surface area (Å²) in [5.74, 6) is 6.92. The lowest BCUT2D eigenvalue weighted by Gasteiger charge is -2.05. The third kappa shape index (κ3) is 1.27. The molecule has 1 aromatic carbocycles. The minimum absolute atomic E-state index is 0.808. The lowest BCUT2D eigenvalue weighted by Crippen LogP contribution is -2.48. The van der Waals surface area contributed by atoms with E-state index in [1.54, 1.807) is 11.8 Å². The van der Waals surface area contributed by atoms with E-state index < -0.39 is 0 Å². The number of hydrogen-bond donors (Lipinski definition) is 1. The van der Waals surface area contributed by atoms with Crippen LogP contribution in [-0.2, 0) is 0 Å². The molecule has 0 fully saturated rings. The quantitative estimate of drug-likeness (QED) is 0.505. The second kappa shape index (κ2) is 3.38. The van der Waals surface area contributed by atoms with Gasteiger partial charge in [0.25, 0.3) is 5.52 Å². The number of aryl methyl sites for hydroxylation is 1. The number of fused-ring (bicyclic) bond motifs is 3. The van der Waals surface area contributed by atoms with Crippen molar-refractivity contribution in [3.63, 3.8) is 0 Å². The van der Waals surface area contributed by atoms with E-state index in [9.17, 15) is 0 Å². The zero-order chi connectivity index (χ0) is 12.0. The summed E-state index contributed by atoms with van der Waals surface area (Å²) >= 11 is 0. The number of ether oxygens (including phenoxy) is 1. The number of hydrogen-bond acceptors (Lipinski definition) is 2. The Bertz CT molecular complexity index is 715. The molecule has 2 heterocycles. The summed E-state index contributed by atoms with van der Waals surface area (Å²) in [6, 6.07) is 9.98. The van der Waals surface area contributed by atoms with Crippen LogP contribution < -0.4 is 15.3 Å². The van der Waals surface area contributed by atoms with E-state index in [4.69, 9.17) is 10.6 Å². The van der Waals surface area contributed by atoms with Gasteiger partial charge in [-0.1, -0.05) is 4.68 Å². The molecule has 0 aliphatic carbocycles. The van der Waals surface area contributed by atoms with Crippen molar-refractivity contribution < 1.29 is 9.41 Å². The molecule has 17 heavy (non-hydrogen) atoms. The minimum Gasteiger partial charge on any atom is -0.497 e. The van der Waals surface area contributed by atoms with Gasteiger partial charge in [0.1, 0.15) is 16.8 Å². The molecule has 4 heteroatoms. The Balaban J connectivity index is 2.55. The van der Waals surface area contributed by atoms with Crippen LogP contribution in [0.15, 0.2) is 36.5 Å². The summed E-state index contributed by atoms with van der Waals surface area (Å²) in [6.45, 7) is 2.01. The van der Waals surface area contributed by atoms with Crippen molar-refractivity contribution in [3.05, 3.63) is 42.2 Å². The first-order valence-corrected chi connectivity index (χ1v) is 5.47. The molecule has 86 valence electrons. The fourth-order valence-corrected chi connectivity index (χ4v) is 2.22. The van der Waals surface area contributed by atoms with Gasteiger partial charge in [-0.2, -0.15) is 0 Å². The molecule has 0 aliphatic rings. The van der Waals surface area contributed by atoms with Gasteiger partial charge in [-0.05, 0) is 24.3 Å². The molecule has 0 aliphatic heterocycles. The summed E-state index contributed by atoms with van der Waals surface area (Å²) in [7, 11) is 1.66. The molecular formula is C13H14N3O+. The molecule has 0 atom stereocenters. The van der Waals surface area contributed by atoms with Crippen molar-refractivity contribution in [1.29, 1.82) is 0 Å². The number of nitrogen functional groups attached to an aromatic ring is 1. The number of aromatic nitrogens is 2. The Morgan fingerprint density at radius 3 is 2.82 bits per heavy atom. The van der Waals surface area contributed by atoms with Gasteiger partial charge in [0, 0.05) is 13.1 Å². The van der Waals surface area contributed by atoms with Crippen molar-refractivity contribution in [2.75, 3.05) is 13.0 Å². The third-order valence-electron chi connectivity index (χ3n) is 3.18. The van der Waals surface area contributed by atoms with Gasteiger partial charge in [0.05, 0.1) is 13.2 Å². The lowest BCUT2D eigenvalue weighted by atomic mass is 10.2. The zero-order valence-corrected chi connectivity index (χ0v) is 9.84. The molecule has 2 aromatic heterocycles. The first-order chi connectivity index (χ1) is 8.22. The predicted octanol–water partition coefficient (Wildman–Crippen LogP) is 1.41. The van der Waals surface area contributed by atoms with Crippen LogP contribution in [0.1, 0.15) is 5.69 Å². The number of benzene rings is 1. The number of nitrogens with zero attached hydrogens (tertiary/aromatic N) is 2. The predicted molar refractivity (Wildman–Crippen MR) is 66.5 cm³/mol. The standard InChI is InChI=1S/C13H14N3O/c1-9-11-4-3-7-15(11)12-6-5-10(17-2)8-13(12)16(9)14/h3-8H,14H2,1-2H3/q+1. The Kier molecular flexibility index (Phi) is 1.98. The van der Waals surface area contributed by atoms with Crippen molar-refractivity contribution in [1.82, 2.24) is 4.40 Å². The molecule has 0 saturated carbocycles. The van der Waals surface area contributed by atoms with E-state index in [1.807, 2.05) is 37.4 Å². The first-order valence-electron chi connectivity index (χ1n) is 5.47. The highest BCUT2D eigenvalue weighted by molar-refractivity contribution is 5.77. The molecule has 3 aromatic rings. The van der Waals surface area contributed by atoms with Gasteiger partial charge >= 0.3 is 0 Å². The van der Waals surface area contributed by atoms with Crippen LogP contribution in [0.5, 0.6) is 5.75 Å². The fourth-order valence-electron chi connectivity index (χ4n) is 2.22. The Labute approximate surface area is 98.8 Å². The van der Waals surface area contributed by atoms with Crippen molar-refractivity contribution >= 4 is 16.6 Å². The van der Waals surface area contributed by atoms with E-state index in [2.05, 4.69) is 10.5 Å². The Morgan fingerprint density at radius 2 is 2.06 bits per heavy atom. The maximum absolute atomic E-state index is 6.11. The van der Waals surface area contributed by atoms with Crippen molar-refractivity contribution in [2.24, 2.45) is 0 Å². The minimum atomic E-state index is 0.808. The highest BCUT2D eigenvalue weighted by Crippen LogP contribution is 2.20. The maximum Gasteiger partial charge on any atom is 0.262 e. The van der Waals surface area contributed by atoms with Crippen LogP contribution in [-0.4, -0.2) is 11.5 Å². The molecule has 2 N–H and O–H groups in total. The van der Waals surface area contributed by atoms with Gasteiger partial charge in [0.15, 0.2) is 0 Å². The topological polar surface area (TPSA) is 43.5 Å². The normalized spacial score (nSPS) is 11.2. The van der Waals surface area contributed by atoms with Crippen LogP contribution in [0.25, 0.3) is 16.6 Å². The van der Waals surface area contributed by atoms with Gasteiger partial charge in [-0.25, -0.2) is 5.84 Å². The Morgan fingerprint density at radius 1 is 1.24 bits per heavy atom. The van der Waals surface area contributed by atoms with Gasteiger partial charge in [0.2, 0.25) is 5.69 Å². The molecule has 4 nitrogen and oxygen atoms in total. The highest BCUT2D eigenvalue weighted by atomic mass is 16.5. The summed E-state index contributed by atoms with van der Waals surface area (Å²) in [6.07, 6.45) is 2.04. The molecular weight excluding hydrogens is 214 g/mol. The smallest absolute Gasteiger partial charge is 0.262 e. The Hall–Kier alpha value is -2.23. The van der Waals surface area contributed by atoms with Crippen LogP contribution in [0, 0.1) is 6.92 Å². The van der Waals surface area contributed by atoms with Crippen molar-refractivity contribution in [2.45, 2.75) is 6.92 Å². The van der Waals surface area contributed by atoms with E-state index in [0.717, 1.165) is 28.0 Å². The fraction of sp³-hybridized carbons (Fsp3) is 0.154. The average molecular weight is 228 g/mol. The number of nitrogens with two attached hydrogens (primary N) is 1. The molecule has 0 radical (unpaired) electrons. The van der Waals surface area contributed by atoms with E-state index in [0.29, 0.717) is 0 Å².